The summed E-state index contributed by atoms with van der Waals surface area (Å²) in [6.07, 6.45) is -1.28. The third-order valence-corrected chi connectivity index (χ3v) is 5.75. The molecule has 0 aromatic heterocycles. The third-order valence-electron chi connectivity index (χ3n) is 4.07. The molecule has 126 valence electrons. The van der Waals surface area contributed by atoms with Crippen molar-refractivity contribution in [2.75, 3.05) is 43.1 Å². The summed E-state index contributed by atoms with van der Waals surface area (Å²) >= 11 is 0. The highest BCUT2D eigenvalue weighted by Gasteiger charge is 2.43. The van der Waals surface area contributed by atoms with Gasteiger partial charge in [0.05, 0.1) is 30.8 Å². The van der Waals surface area contributed by atoms with Crippen LogP contribution >= 0.6 is 0 Å². The summed E-state index contributed by atoms with van der Waals surface area (Å²) in [5, 5.41) is 2.62. The molecule has 2 saturated heterocycles. The lowest BCUT2D eigenvalue weighted by atomic mass is 10.1. The summed E-state index contributed by atoms with van der Waals surface area (Å²) < 4.78 is 34.6. The normalized spacial score (nSPS) is 27.5. The van der Waals surface area contributed by atoms with Crippen LogP contribution in [-0.4, -0.2) is 69.4 Å². The second-order valence-electron chi connectivity index (χ2n) is 5.73. The molecule has 0 saturated carbocycles. The summed E-state index contributed by atoms with van der Waals surface area (Å²) in [5.74, 6) is -0.104. The molecule has 0 spiro atoms. The van der Waals surface area contributed by atoms with E-state index < -0.39 is 22.0 Å². The van der Waals surface area contributed by atoms with E-state index in [9.17, 15) is 13.2 Å². The molecule has 2 aliphatic rings. The highest BCUT2D eigenvalue weighted by Crippen LogP contribution is 2.23. The zero-order valence-electron chi connectivity index (χ0n) is 12.7. The van der Waals surface area contributed by atoms with E-state index in [1.165, 1.54) is 0 Å². The van der Waals surface area contributed by atoms with Gasteiger partial charge in [-0.2, -0.15) is 0 Å². The number of ether oxygens (including phenoxy) is 2. The first kappa shape index (κ1) is 16.2. The van der Waals surface area contributed by atoms with Crippen LogP contribution in [0.4, 0.5) is 10.5 Å². The molecule has 0 unspecified atom stereocenters. The van der Waals surface area contributed by atoms with Crippen LogP contribution in [0.2, 0.25) is 0 Å². The van der Waals surface area contributed by atoms with Crippen molar-refractivity contribution in [3.05, 3.63) is 30.3 Å². The van der Waals surface area contributed by atoms with E-state index in [4.69, 9.17) is 9.47 Å². The van der Waals surface area contributed by atoms with Crippen molar-refractivity contribution in [1.82, 2.24) is 4.90 Å². The molecule has 0 aliphatic carbocycles. The number of anilines is 1. The van der Waals surface area contributed by atoms with Gasteiger partial charge in [0.15, 0.2) is 9.84 Å². The van der Waals surface area contributed by atoms with Crippen LogP contribution in [0.5, 0.6) is 0 Å². The maximum atomic E-state index is 12.0. The number of rotatable bonds is 3. The fraction of sp³-hybridized carbons (Fsp3) is 0.533. The second-order valence-corrected chi connectivity index (χ2v) is 7.88. The molecule has 23 heavy (non-hydrogen) atoms. The predicted molar refractivity (Wildman–Crippen MR) is 85.2 cm³/mol. The van der Waals surface area contributed by atoms with E-state index in [-0.39, 0.29) is 17.5 Å². The molecule has 1 aromatic carbocycles. The maximum absolute atomic E-state index is 12.0. The monoisotopic (exact) mass is 340 g/mol. The highest BCUT2D eigenvalue weighted by molar-refractivity contribution is 7.91. The summed E-state index contributed by atoms with van der Waals surface area (Å²) in [6, 6.07) is 8.62. The van der Waals surface area contributed by atoms with Gasteiger partial charge >= 0.3 is 6.09 Å². The largest absolute Gasteiger partial charge is 0.443 e. The van der Waals surface area contributed by atoms with E-state index in [0.29, 0.717) is 32.0 Å². The highest BCUT2D eigenvalue weighted by atomic mass is 32.2. The standard InChI is InChI=1S/C15H20N2O5S/c18-15(16-12-4-2-1-3-5-12)22-14-11-23(19,20)10-13(14)17-6-8-21-9-7-17/h1-5,13-14H,6-11H2,(H,16,18)/t13-,14-/m1/s1. The number of carbonyl (C=O) groups is 1. The summed E-state index contributed by atoms with van der Waals surface area (Å²) in [4.78, 5) is 14.1. The molecule has 1 N–H and O–H groups in total. The quantitative estimate of drug-likeness (QED) is 0.873. The van der Waals surface area contributed by atoms with Gasteiger partial charge < -0.3 is 9.47 Å². The van der Waals surface area contributed by atoms with E-state index in [2.05, 4.69) is 5.32 Å². The van der Waals surface area contributed by atoms with Crippen LogP contribution in [0.1, 0.15) is 0 Å². The topological polar surface area (TPSA) is 84.9 Å². The smallest absolute Gasteiger partial charge is 0.411 e. The minimum Gasteiger partial charge on any atom is -0.443 e. The zero-order chi connectivity index (χ0) is 16.3. The average Bonchev–Trinajstić information content (AvgIpc) is 2.83. The minimum atomic E-state index is -3.20. The van der Waals surface area contributed by atoms with Crippen LogP contribution < -0.4 is 5.32 Å². The van der Waals surface area contributed by atoms with Gasteiger partial charge in [0.1, 0.15) is 6.10 Å². The number of sulfone groups is 1. The number of carbonyl (C=O) groups excluding carboxylic acids is 1. The number of morpholine rings is 1. The Morgan fingerprint density at radius 3 is 2.57 bits per heavy atom. The summed E-state index contributed by atoms with van der Waals surface area (Å²) in [7, 11) is -3.20. The van der Waals surface area contributed by atoms with Gasteiger partial charge in [0.2, 0.25) is 0 Å². The van der Waals surface area contributed by atoms with Crippen molar-refractivity contribution < 1.29 is 22.7 Å². The SMILES string of the molecule is O=C(Nc1ccccc1)O[C@@H]1CS(=O)(=O)C[C@H]1N1CCOCC1. The molecule has 2 atom stereocenters. The van der Waals surface area contributed by atoms with Crippen molar-refractivity contribution >= 4 is 21.6 Å². The van der Waals surface area contributed by atoms with Gasteiger partial charge in [0.25, 0.3) is 0 Å². The molecular weight excluding hydrogens is 320 g/mol. The first-order valence-electron chi connectivity index (χ1n) is 7.58. The molecule has 7 nitrogen and oxygen atoms in total. The van der Waals surface area contributed by atoms with Crippen molar-refractivity contribution in [2.45, 2.75) is 12.1 Å². The van der Waals surface area contributed by atoms with Gasteiger partial charge in [-0.1, -0.05) is 18.2 Å². The van der Waals surface area contributed by atoms with Crippen LogP contribution in [0.15, 0.2) is 30.3 Å². The lowest BCUT2D eigenvalue weighted by Gasteiger charge is -2.34. The molecule has 2 fully saturated rings. The Labute approximate surface area is 135 Å². The van der Waals surface area contributed by atoms with Crippen LogP contribution in [0.25, 0.3) is 0 Å². The third kappa shape index (κ3) is 4.21. The Morgan fingerprint density at radius 1 is 1.17 bits per heavy atom. The number of hydrogen-bond donors (Lipinski definition) is 1. The van der Waals surface area contributed by atoms with E-state index >= 15 is 0 Å². The summed E-state index contributed by atoms with van der Waals surface area (Å²) in [5.41, 5.74) is 0.612. The molecule has 2 aliphatic heterocycles. The Hall–Kier alpha value is -1.64. The first-order valence-corrected chi connectivity index (χ1v) is 9.40. The number of nitrogens with one attached hydrogen (secondary N) is 1. The molecule has 3 rings (SSSR count). The molecule has 1 aromatic rings. The van der Waals surface area contributed by atoms with E-state index in [1.54, 1.807) is 24.3 Å². The number of benzene rings is 1. The Bertz CT molecular complexity index is 643. The van der Waals surface area contributed by atoms with Crippen molar-refractivity contribution in [2.24, 2.45) is 0 Å². The average molecular weight is 340 g/mol. The van der Waals surface area contributed by atoms with Crippen LogP contribution in [0, 0.1) is 0 Å². The molecule has 2 heterocycles. The Balaban J connectivity index is 1.65. The van der Waals surface area contributed by atoms with Gasteiger partial charge in [0, 0.05) is 18.8 Å². The zero-order valence-corrected chi connectivity index (χ0v) is 13.5. The first-order chi connectivity index (χ1) is 11.0. The number of amides is 1. The Kier molecular flexibility index (Phi) is 4.84. The minimum absolute atomic E-state index is 0.0241. The number of hydrogen-bond acceptors (Lipinski definition) is 6. The predicted octanol–water partition coefficient (Wildman–Crippen LogP) is 0.733. The van der Waals surface area contributed by atoms with Gasteiger partial charge in [-0.15, -0.1) is 0 Å². The van der Waals surface area contributed by atoms with Gasteiger partial charge in [-0.05, 0) is 12.1 Å². The summed E-state index contributed by atoms with van der Waals surface area (Å²) in [6.45, 7) is 2.44. The van der Waals surface area contributed by atoms with Crippen LogP contribution in [0.3, 0.4) is 0 Å². The number of para-hydroxylation sites is 1. The second kappa shape index (κ2) is 6.86. The molecule has 1 amide bonds. The lowest BCUT2D eigenvalue weighted by Crippen LogP contribution is -2.50. The van der Waals surface area contributed by atoms with E-state index in [1.807, 2.05) is 11.0 Å². The van der Waals surface area contributed by atoms with Gasteiger partial charge in [-0.3, -0.25) is 10.2 Å². The van der Waals surface area contributed by atoms with Crippen molar-refractivity contribution in [1.29, 1.82) is 0 Å². The Morgan fingerprint density at radius 2 is 1.87 bits per heavy atom. The molecule has 8 heteroatoms. The fourth-order valence-corrected chi connectivity index (χ4v) is 4.84. The lowest BCUT2D eigenvalue weighted by molar-refractivity contribution is -0.00883. The van der Waals surface area contributed by atoms with Gasteiger partial charge in [-0.25, -0.2) is 13.2 Å². The van der Waals surface area contributed by atoms with E-state index in [0.717, 1.165) is 0 Å². The number of nitrogens with zero attached hydrogens (tertiary/aromatic N) is 1. The maximum Gasteiger partial charge on any atom is 0.411 e. The fourth-order valence-electron chi connectivity index (χ4n) is 2.97. The molecule has 0 bridgehead atoms. The molecule has 0 radical (unpaired) electrons. The van der Waals surface area contributed by atoms with Crippen LogP contribution in [-0.2, 0) is 19.3 Å². The van der Waals surface area contributed by atoms with Crippen molar-refractivity contribution in [3.63, 3.8) is 0 Å². The van der Waals surface area contributed by atoms with Crippen molar-refractivity contribution in [3.8, 4) is 0 Å². The molecular formula is C15H20N2O5S.